The van der Waals surface area contributed by atoms with Crippen LogP contribution in [0.5, 0.6) is 5.75 Å². The van der Waals surface area contributed by atoms with Crippen LogP contribution in [-0.2, 0) is 20.7 Å². The Bertz CT molecular complexity index is 1490. The highest BCUT2D eigenvalue weighted by molar-refractivity contribution is 5.88. The first-order valence-electron chi connectivity index (χ1n) is 13.3. The van der Waals surface area contributed by atoms with Crippen LogP contribution in [0.2, 0.25) is 0 Å². The first-order valence-corrected chi connectivity index (χ1v) is 13.3. The van der Waals surface area contributed by atoms with Crippen molar-refractivity contribution in [2.75, 3.05) is 19.6 Å². The topological polar surface area (TPSA) is 124 Å². The van der Waals surface area contributed by atoms with Crippen LogP contribution in [0.1, 0.15) is 52.5 Å². The van der Waals surface area contributed by atoms with E-state index in [1.165, 1.54) is 6.07 Å². The minimum atomic E-state index is -1.09. The molecule has 3 aliphatic heterocycles. The molecule has 0 radical (unpaired) electrons. The van der Waals surface area contributed by atoms with E-state index in [0.29, 0.717) is 42.1 Å². The minimum Gasteiger partial charge on any atom is -0.482 e. The van der Waals surface area contributed by atoms with Gasteiger partial charge in [0.1, 0.15) is 16.9 Å². The summed E-state index contributed by atoms with van der Waals surface area (Å²) in [5.74, 6) is 0.723. The Morgan fingerprint density at radius 3 is 2.72 bits per heavy atom. The van der Waals surface area contributed by atoms with Crippen molar-refractivity contribution in [3.05, 3.63) is 74.9 Å². The second kappa shape index (κ2) is 9.94. The molecule has 1 unspecified atom stereocenters. The molecular formula is C30H35N3O6. The number of hydrogen-bond acceptors (Lipinski definition) is 8. The van der Waals surface area contributed by atoms with E-state index < -0.39 is 22.8 Å². The van der Waals surface area contributed by atoms with Crippen molar-refractivity contribution in [2.24, 2.45) is 5.73 Å². The van der Waals surface area contributed by atoms with Crippen LogP contribution in [0.3, 0.4) is 0 Å². The van der Waals surface area contributed by atoms with Gasteiger partial charge in [0.05, 0.1) is 12.2 Å². The van der Waals surface area contributed by atoms with Crippen LogP contribution < -0.4 is 21.4 Å². The van der Waals surface area contributed by atoms with E-state index in [1.807, 2.05) is 30.9 Å². The minimum absolute atomic E-state index is 0.0878. The summed E-state index contributed by atoms with van der Waals surface area (Å²) in [5, 5.41) is 3.93. The lowest BCUT2D eigenvalue weighted by atomic mass is 9.75. The standard InChI is InChI=1S/C30H35N3O6/c1-5-18(2)28(36)39-29(3,4)30(16-21-11-19-7-8-27(35)37-23(19)14-24(21)38-30)15-20-12-25(31)32-17-22(20)13-26(34)33-9-6-10-33/h5,7-8,11-12,14,32H,6,9-10,13,15-17,31H2,1-4H3. The number of nitrogens with one attached hydrogen (secondary N) is 1. The fraction of sp³-hybridized carbons (Fsp3) is 0.433. The molecule has 9 heteroatoms. The van der Waals surface area contributed by atoms with Crippen molar-refractivity contribution >= 4 is 22.8 Å². The number of carbonyl (C=O) groups is 2. The van der Waals surface area contributed by atoms with Gasteiger partial charge >= 0.3 is 11.6 Å². The summed E-state index contributed by atoms with van der Waals surface area (Å²) < 4.78 is 18.2. The maximum atomic E-state index is 13.0. The zero-order valence-electron chi connectivity index (χ0n) is 22.9. The summed E-state index contributed by atoms with van der Waals surface area (Å²) in [7, 11) is 0. The number of amides is 1. The lowest BCUT2D eigenvalue weighted by Gasteiger charge is -2.43. The van der Waals surface area contributed by atoms with Crippen LogP contribution in [0.4, 0.5) is 0 Å². The van der Waals surface area contributed by atoms with Crippen LogP contribution in [0.25, 0.3) is 11.0 Å². The summed E-state index contributed by atoms with van der Waals surface area (Å²) in [5.41, 5.74) is 7.27. The number of dihydropyridines is 1. The van der Waals surface area contributed by atoms with Crippen LogP contribution in [0, 0.1) is 0 Å². The van der Waals surface area contributed by atoms with Gasteiger partial charge in [-0.15, -0.1) is 0 Å². The van der Waals surface area contributed by atoms with Gasteiger partial charge in [-0.3, -0.25) is 4.79 Å². The maximum absolute atomic E-state index is 13.0. The molecule has 1 aromatic carbocycles. The number of carbonyl (C=O) groups excluding carboxylic acids is 2. The molecule has 39 heavy (non-hydrogen) atoms. The predicted octanol–water partition coefficient (Wildman–Crippen LogP) is 3.47. The Morgan fingerprint density at radius 2 is 2.03 bits per heavy atom. The zero-order valence-corrected chi connectivity index (χ0v) is 22.9. The van der Waals surface area contributed by atoms with Gasteiger partial charge in [-0.25, -0.2) is 9.59 Å². The molecule has 0 saturated carbocycles. The number of ether oxygens (including phenoxy) is 2. The van der Waals surface area contributed by atoms with Crippen LogP contribution in [-0.4, -0.2) is 47.6 Å². The van der Waals surface area contributed by atoms with E-state index in [9.17, 15) is 14.4 Å². The SMILES string of the molecule is CC=C(C)C(=O)OC(C)(C)C1(CC2=C(CC(=O)N3CCC3)CNC(N)=C2)Cc2cc3ccc(=O)oc3cc2O1. The Hall–Kier alpha value is -4.01. The van der Waals surface area contributed by atoms with Gasteiger partial charge in [0.25, 0.3) is 0 Å². The summed E-state index contributed by atoms with van der Waals surface area (Å²) >= 11 is 0. The van der Waals surface area contributed by atoms with E-state index in [2.05, 4.69) is 5.32 Å². The van der Waals surface area contributed by atoms with E-state index >= 15 is 0 Å². The number of rotatable bonds is 7. The summed E-state index contributed by atoms with van der Waals surface area (Å²) in [6.07, 6.45) is 5.65. The van der Waals surface area contributed by atoms with Crippen molar-refractivity contribution in [1.82, 2.24) is 10.2 Å². The molecular weight excluding hydrogens is 498 g/mol. The summed E-state index contributed by atoms with van der Waals surface area (Å²) in [4.78, 5) is 39.6. The highest BCUT2D eigenvalue weighted by Gasteiger charge is 2.54. The number of likely N-dealkylation sites (tertiary alicyclic amines) is 1. The number of nitrogens with zero attached hydrogens (tertiary/aromatic N) is 1. The third-order valence-corrected chi connectivity index (χ3v) is 8.12. The molecule has 0 bridgehead atoms. The molecule has 5 rings (SSSR count). The largest absolute Gasteiger partial charge is 0.482 e. The first kappa shape index (κ1) is 26.6. The third-order valence-electron chi connectivity index (χ3n) is 8.12. The van der Waals surface area contributed by atoms with Gasteiger partial charge in [-0.05, 0) is 69.0 Å². The lowest BCUT2D eigenvalue weighted by molar-refractivity contribution is -0.174. The van der Waals surface area contributed by atoms with E-state index in [-0.39, 0.29) is 12.3 Å². The van der Waals surface area contributed by atoms with Gasteiger partial charge in [0.15, 0.2) is 5.60 Å². The molecule has 4 heterocycles. The van der Waals surface area contributed by atoms with E-state index in [0.717, 1.165) is 41.6 Å². The number of allylic oxidation sites excluding steroid dienone is 2. The summed E-state index contributed by atoms with van der Waals surface area (Å²) in [6, 6.07) is 6.77. The van der Waals surface area contributed by atoms with Crippen molar-refractivity contribution < 1.29 is 23.5 Å². The van der Waals surface area contributed by atoms with Crippen LogP contribution >= 0.6 is 0 Å². The quantitative estimate of drug-likeness (QED) is 0.315. The molecule has 1 saturated heterocycles. The van der Waals surface area contributed by atoms with Crippen molar-refractivity contribution in [2.45, 2.75) is 64.6 Å². The molecule has 1 atom stereocenters. The van der Waals surface area contributed by atoms with E-state index in [1.54, 1.807) is 32.1 Å². The van der Waals surface area contributed by atoms with Gasteiger partial charge < -0.3 is 29.8 Å². The normalized spacial score (nSPS) is 21.1. The fourth-order valence-corrected chi connectivity index (χ4v) is 5.28. The molecule has 3 aliphatic rings. The number of fused-ring (bicyclic) bond motifs is 2. The van der Waals surface area contributed by atoms with Gasteiger partial charge in [0.2, 0.25) is 5.91 Å². The van der Waals surface area contributed by atoms with Gasteiger partial charge in [0, 0.05) is 55.6 Å². The van der Waals surface area contributed by atoms with E-state index in [4.69, 9.17) is 19.6 Å². The Morgan fingerprint density at radius 1 is 1.26 bits per heavy atom. The highest BCUT2D eigenvalue weighted by atomic mass is 16.6. The second-order valence-corrected chi connectivity index (χ2v) is 11.1. The average Bonchev–Trinajstić information content (AvgIpc) is 3.21. The molecule has 206 valence electrons. The maximum Gasteiger partial charge on any atom is 0.336 e. The smallest absolute Gasteiger partial charge is 0.336 e. The Kier molecular flexibility index (Phi) is 6.78. The molecule has 0 aliphatic carbocycles. The Balaban J connectivity index is 1.57. The molecule has 1 amide bonds. The monoisotopic (exact) mass is 533 g/mol. The summed E-state index contributed by atoms with van der Waals surface area (Å²) in [6.45, 7) is 9.21. The second-order valence-electron chi connectivity index (χ2n) is 11.1. The van der Waals surface area contributed by atoms with Crippen molar-refractivity contribution in [1.29, 1.82) is 0 Å². The molecule has 0 spiro atoms. The van der Waals surface area contributed by atoms with Gasteiger partial charge in [-0.2, -0.15) is 0 Å². The average molecular weight is 534 g/mol. The van der Waals surface area contributed by atoms with Crippen molar-refractivity contribution in [3.8, 4) is 5.75 Å². The fourth-order valence-electron chi connectivity index (χ4n) is 5.28. The molecule has 1 fully saturated rings. The molecule has 2 aromatic rings. The van der Waals surface area contributed by atoms with Crippen LogP contribution in [0.15, 0.2) is 68.2 Å². The molecule has 1 aromatic heterocycles. The third kappa shape index (κ3) is 5.05. The highest BCUT2D eigenvalue weighted by Crippen LogP contribution is 2.48. The zero-order chi connectivity index (χ0) is 27.9. The lowest BCUT2D eigenvalue weighted by Crippen LogP contribution is -2.56. The number of esters is 1. The number of nitrogens with two attached hydrogens (primary N) is 1. The molecule has 3 N–H and O–H groups in total. The number of benzene rings is 1. The number of hydrogen-bond donors (Lipinski definition) is 2. The van der Waals surface area contributed by atoms with Crippen molar-refractivity contribution in [3.63, 3.8) is 0 Å². The Labute approximate surface area is 227 Å². The molecule has 9 nitrogen and oxygen atoms in total. The van der Waals surface area contributed by atoms with Gasteiger partial charge in [-0.1, -0.05) is 6.08 Å². The first-order chi connectivity index (χ1) is 18.5. The predicted molar refractivity (Wildman–Crippen MR) is 147 cm³/mol.